The van der Waals surface area contributed by atoms with Crippen LogP contribution in [-0.2, 0) is 24.2 Å². The van der Waals surface area contributed by atoms with Gasteiger partial charge in [0.2, 0.25) is 0 Å². The average molecular weight is 340 g/mol. The second-order valence-electron chi connectivity index (χ2n) is 5.27. The predicted molar refractivity (Wildman–Crippen MR) is 92.9 cm³/mol. The normalized spacial score (nSPS) is 15.8. The van der Waals surface area contributed by atoms with Crippen LogP contribution in [0.5, 0.6) is 0 Å². The van der Waals surface area contributed by atoms with Crippen molar-refractivity contribution in [3.05, 3.63) is 64.1 Å². The second kappa shape index (κ2) is 7.37. The fraction of sp³-hybridized carbons (Fsp3) is 0.176. The third-order valence-corrected chi connectivity index (χ3v) is 4.32. The molecule has 122 valence electrons. The molecule has 0 spiro atoms. The number of rotatable bonds is 5. The van der Waals surface area contributed by atoms with Crippen molar-refractivity contribution in [3.63, 3.8) is 0 Å². The highest BCUT2D eigenvalue weighted by atomic mass is 32.2. The number of hydrogen-bond acceptors (Lipinski definition) is 6. The van der Waals surface area contributed by atoms with Crippen LogP contribution < -0.4 is 11.1 Å². The van der Waals surface area contributed by atoms with Crippen LogP contribution in [0.15, 0.2) is 41.4 Å². The molecule has 7 heteroatoms. The number of aromatic nitrogens is 2. The third kappa shape index (κ3) is 4.06. The van der Waals surface area contributed by atoms with Gasteiger partial charge in [-0.15, -0.1) is 0 Å². The molecule has 24 heavy (non-hydrogen) atoms. The van der Waals surface area contributed by atoms with Gasteiger partial charge in [-0.1, -0.05) is 24.3 Å². The molecule has 6 nitrogen and oxygen atoms in total. The van der Waals surface area contributed by atoms with Crippen LogP contribution in [0.4, 0.5) is 4.79 Å². The molecule has 1 aromatic carbocycles. The van der Waals surface area contributed by atoms with E-state index in [4.69, 9.17) is 5.73 Å². The van der Waals surface area contributed by atoms with Gasteiger partial charge in [0.1, 0.15) is 5.82 Å². The van der Waals surface area contributed by atoms with Gasteiger partial charge in [0, 0.05) is 19.2 Å². The van der Waals surface area contributed by atoms with Crippen molar-refractivity contribution in [2.24, 2.45) is 5.73 Å². The number of imide groups is 1. The second-order valence-corrected chi connectivity index (χ2v) is 6.29. The van der Waals surface area contributed by atoms with Gasteiger partial charge in [-0.2, -0.15) is 0 Å². The molecule has 3 rings (SSSR count). The number of benzene rings is 1. The summed E-state index contributed by atoms with van der Waals surface area (Å²) in [5.74, 6) is 0.306. The Morgan fingerprint density at radius 3 is 2.75 bits per heavy atom. The fourth-order valence-corrected chi connectivity index (χ4v) is 3.01. The number of nitrogens with one attached hydrogen (secondary N) is 1. The molecule has 1 aliphatic rings. The van der Waals surface area contributed by atoms with Gasteiger partial charge < -0.3 is 5.73 Å². The molecule has 2 aromatic rings. The minimum Gasteiger partial charge on any atom is -0.326 e. The van der Waals surface area contributed by atoms with Crippen molar-refractivity contribution in [3.8, 4) is 0 Å². The zero-order valence-electron chi connectivity index (χ0n) is 12.9. The first-order valence-electron chi connectivity index (χ1n) is 7.49. The van der Waals surface area contributed by atoms with Crippen molar-refractivity contribution < 1.29 is 9.59 Å². The molecule has 0 bridgehead atoms. The Morgan fingerprint density at radius 2 is 2.00 bits per heavy atom. The van der Waals surface area contributed by atoms with Crippen molar-refractivity contribution in [2.45, 2.75) is 19.4 Å². The maximum Gasteiger partial charge on any atom is 0.290 e. The SMILES string of the molecule is NCc1cccc(CCc2nccc(/C=C3\SC(=O)NC3=O)n2)c1. The molecular weight excluding hydrogens is 324 g/mol. The molecule has 1 saturated heterocycles. The highest BCUT2D eigenvalue weighted by molar-refractivity contribution is 8.18. The van der Waals surface area contributed by atoms with E-state index in [1.807, 2.05) is 12.1 Å². The van der Waals surface area contributed by atoms with Crippen LogP contribution in [0.25, 0.3) is 6.08 Å². The van der Waals surface area contributed by atoms with Gasteiger partial charge in [-0.3, -0.25) is 14.9 Å². The summed E-state index contributed by atoms with van der Waals surface area (Å²) in [6, 6.07) is 9.83. The fourth-order valence-electron chi connectivity index (χ4n) is 2.34. The Bertz CT molecular complexity index is 820. The molecule has 2 heterocycles. The van der Waals surface area contributed by atoms with Crippen LogP contribution in [0.1, 0.15) is 22.6 Å². The largest absolute Gasteiger partial charge is 0.326 e. The van der Waals surface area contributed by atoms with E-state index < -0.39 is 0 Å². The van der Waals surface area contributed by atoms with E-state index in [9.17, 15) is 9.59 Å². The monoisotopic (exact) mass is 340 g/mol. The Balaban J connectivity index is 1.70. The van der Waals surface area contributed by atoms with E-state index in [2.05, 4.69) is 27.4 Å². The third-order valence-electron chi connectivity index (χ3n) is 3.51. The quantitative estimate of drug-likeness (QED) is 0.808. The van der Waals surface area contributed by atoms with Gasteiger partial charge in [-0.25, -0.2) is 9.97 Å². The summed E-state index contributed by atoms with van der Waals surface area (Å²) in [4.78, 5) is 31.8. The number of nitrogens with two attached hydrogens (primary N) is 1. The summed E-state index contributed by atoms with van der Waals surface area (Å²) in [6.07, 6.45) is 4.75. The molecule has 0 saturated carbocycles. The summed E-state index contributed by atoms with van der Waals surface area (Å²) in [5.41, 5.74) is 8.55. The summed E-state index contributed by atoms with van der Waals surface area (Å²) in [7, 11) is 0. The molecule has 0 atom stereocenters. The summed E-state index contributed by atoms with van der Waals surface area (Å²) in [6.45, 7) is 0.520. The lowest BCUT2D eigenvalue weighted by atomic mass is 10.1. The lowest BCUT2D eigenvalue weighted by Crippen LogP contribution is -2.17. The van der Waals surface area contributed by atoms with Gasteiger partial charge in [-0.05, 0) is 41.5 Å². The molecule has 0 radical (unpaired) electrons. The van der Waals surface area contributed by atoms with Crippen molar-refractivity contribution in [1.82, 2.24) is 15.3 Å². The van der Waals surface area contributed by atoms with Crippen LogP contribution in [0.2, 0.25) is 0 Å². The van der Waals surface area contributed by atoms with Crippen molar-refractivity contribution in [2.75, 3.05) is 0 Å². The van der Waals surface area contributed by atoms with E-state index >= 15 is 0 Å². The van der Waals surface area contributed by atoms with Crippen molar-refractivity contribution >= 4 is 29.0 Å². The first-order chi connectivity index (χ1) is 11.6. The maximum atomic E-state index is 11.6. The number of carbonyl (C=O) groups is 2. The van der Waals surface area contributed by atoms with Crippen molar-refractivity contribution in [1.29, 1.82) is 0 Å². The van der Waals surface area contributed by atoms with E-state index in [0.717, 1.165) is 23.7 Å². The Hall–Kier alpha value is -2.51. The number of hydrogen-bond donors (Lipinski definition) is 2. The van der Waals surface area contributed by atoms with Gasteiger partial charge in [0.15, 0.2) is 0 Å². The zero-order chi connectivity index (χ0) is 16.9. The molecule has 0 aliphatic carbocycles. The first kappa shape index (κ1) is 16.4. The lowest BCUT2D eigenvalue weighted by molar-refractivity contribution is -0.115. The highest BCUT2D eigenvalue weighted by Gasteiger charge is 2.25. The number of thioether (sulfide) groups is 1. The molecule has 1 fully saturated rings. The van der Waals surface area contributed by atoms with Gasteiger partial charge in [0.05, 0.1) is 10.6 Å². The number of aryl methyl sites for hydroxylation is 2. The van der Waals surface area contributed by atoms with Gasteiger partial charge in [0.25, 0.3) is 11.1 Å². The highest BCUT2D eigenvalue weighted by Crippen LogP contribution is 2.24. The first-order valence-corrected chi connectivity index (χ1v) is 8.30. The standard InChI is InChI=1S/C17H16N4O2S/c18-10-12-3-1-2-11(8-12)4-5-15-19-7-6-13(20-15)9-14-16(22)21-17(23)24-14/h1-3,6-9H,4-5,10,18H2,(H,21,22,23)/b14-9-. The topological polar surface area (TPSA) is 98.0 Å². The summed E-state index contributed by atoms with van der Waals surface area (Å²) >= 11 is 0.878. The van der Waals surface area contributed by atoms with Crippen LogP contribution >= 0.6 is 11.8 Å². The Labute approximate surface area is 143 Å². The van der Waals surface area contributed by atoms with E-state index in [1.54, 1.807) is 18.3 Å². The number of nitrogens with zero attached hydrogens (tertiary/aromatic N) is 2. The van der Waals surface area contributed by atoms with E-state index in [0.29, 0.717) is 29.4 Å². The molecule has 2 amide bonds. The number of amides is 2. The Morgan fingerprint density at radius 1 is 1.17 bits per heavy atom. The average Bonchev–Trinajstić information content (AvgIpc) is 2.91. The minimum absolute atomic E-state index is 0.347. The molecule has 3 N–H and O–H groups in total. The smallest absolute Gasteiger partial charge is 0.290 e. The minimum atomic E-state index is -0.385. The zero-order valence-corrected chi connectivity index (χ0v) is 13.7. The maximum absolute atomic E-state index is 11.6. The lowest BCUT2D eigenvalue weighted by Gasteiger charge is -2.04. The van der Waals surface area contributed by atoms with E-state index in [-0.39, 0.29) is 11.1 Å². The van der Waals surface area contributed by atoms with Crippen LogP contribution in [-0.4, -0.2) is 21.1 Å². The molecule has 1 aromatic heterocycles. The molecule has 1 aliphatic heterocycles. The number of carbonyl (C=O) groups excluding carboxylic acids is 2. The molecular formula is C17H16N4O2S. The van der Waals surface area contributed by atoms with Crippen LogP contribution in [0, 0.1) is 0 Å². The predicted octanol–water partition coefficient (Wildman–Crippen LogP) is 2.04. The van der Waals surface area contributed by atoms with E-state index in [1.165, 1.54) is 5.56 Å². The Kier molecular flexibility index (Phi) is 5.02. The van der Waals surface area contributed by atoms with Crippen LogP contribution in [0.3, 0.4) is 0 Å². The molecule has 0 unspecified atom stereocenters. The summed E-state index contributed by atoms with van der Waals surface area (Å²) in [5, 5.41) is 1.86. The summed E-state index contributed by atoms with van der Waals surface area (Å²) < 4.78 is 0. The van der Waals surface area contributed by atoms with Gasteiger partial charge >= 0.3 is 0 Å².